The molecule has 0 radical (unpaired) electrons. The highest BCUT2D eigenvalue weighted by Crippen LogP contribution is 2.66. The van der Waals surface area contributed by atoms with Crippen LogP contribution in [0.1, 0.15) is 90.9 Å². The molecule has 0 unspecified atom stereocenters. The van der Waals surface area contributed by atoms with Crippen LogP contribution in [0, 0.1) is 34.5 Å². The predicted octanol–water partition coefficient (Wildman–Crippen LogP) is 5.68. The van der Waals surface area contributed by atoms with Crippen LogP contribution in [0.5, 0.6) is 0 Å². The second-order valence-corrected chi connectivity index (χ2v) is 11.3. The number of esters is 1. The molecule has 4 aliphatic carbocycles. The Morgan fingerprint density at radius 1 is 1.06 bits per heavy atom. The Labute approximate surface area is 189 Å². The molecule has 0 aliphatic heterocycles. The number of allylic oxidation sites excluding steroid dienone is 1. The summed E-state index contributed by atoms with van der Waals surface area (Å²) in [5.41, 5.74) is 2.12. The van der Waals surface area contributed by atoms with Gasteiger partial charge in [-0.25, -0.2) is 0 Å². The average Bonchev–Trinajstić information content (AvgIpc) is 3.13. The number of hydrogen-bond donors (Lipinski definition) is 1. The Bertz CT molecular complexity index is 672. The quantitative estimate of drug-likeness (QED) is 0.305. The molecular formula is C27H44O4. The summed E-state index contributed by atoms with van der Waals surface area (Å²) in [6, 6.07) is 0. The Kier molecular flexibility index (Phi) is 7.18. The summed E-state index contributed by atoms with van der Waals surface area (Å²) in [4.78, 5) is 12.5. The van der Waals surface area contributed by atoms with Gasteiger partial charge >= 0.3 is 5.97 Å². The fourth-order valence-electron chi connectivity index (χ4n) is 8.12. The number of aliphatic hydroxyl groups is 1. The number of carbonyl (C=O) groups excluding carboxylic acids is 1. The van der Waals surface area contributed by atoms with E-state index in [1.807, 2.05) is 0 Å². The molecule has 4 nitrogen and oxygen atoms in total. The van der Waals surface area contributed by atoms with Crippen molar-refractivity contribution < 1.29 is 19.4 Å². The molecule has 0 aromatic rings. The number of rotatable bonds is 8. The van der Waals surface area contributed by atoms with Crippen molar-refractivity contribution in [1.29, 1.82) is 0 Å². The Balaban J connectivity index is 1.38. The van der Waals surface area contributed by atoms with Crippen molar-refractivity contribution in [2.24, 2.45) is 34.5 Å². The van der Waals surface area contributed by atoms with Crippen molar-refractivity contribution in [2.45, 2.75) is 97.0 Å². The lowest BCUT2D eigenvalue weighted by Crippen LogP contribution is -2.51. The van der Waals surface area contributed by atoms with Gasteiger partial charge in [-0.05, 0) is 92.8 Å². The fraction of sp³-hybridized carbons (Fsp3) is 0.889. The molecule has 0 bridgehead atoms. The molecule has 0 amide bonds. The summed E-state index contributed by atoms with van der Waals surface area (Å²) >= 11 is 0. The normalized spacial score (nSPS) is 41.7. The van der Waals surface area contributed by atoms with Crippen LogP contribution in [0.4, 0.5) is 0 Å². The first kappa shape index (κ1) is 23.3. The van der Waals surface area contributed by atoms with Gasteiger partial charge in [0.1, 0.15) is 0 Å². The van der Waals surface area contributed by atoms with E-state index < -0.39 is 0 Å². The molecular weight excluding hydrogens is 388 g/mol. The Morgan fingerprint density at radius 3 is 2.65 bits per heavy atom. The van der Waals surface area contributed by atoms with Crippen LogP contribution in [0.25, 0.3) is 0 Å². The van der Waals surface area contributed by atoms with Crippen LogP contribution >= 0.6 is 0 Å². The number of fused-ring (bicyclic) bond motifs is 5. The third kappa shape index (κ3) is 4.24. The number of methoxy groups -OCH3 is 1. The second-order valence-electron chi connectivity index (χ2n) is 11.3. The monoisotopic (exact) mass is 432 g/mol. The van der Waals surface area contributed by atoms with E-state index in [4.69, 9.17) is 14.6 Å². The zero-order valence-corrected chi connectivity index (χ0v) is 20.0. The number of aliphatic hydroxyl groups excluding tert-OH is 1. The van der Waals surface area contributed by atoms with E-state index in [0.717, 1.165) is 57.0 Å². The summed E-state index contributed by atoms with van der Waals surface area (Å²) in [6.45, 7) is 6.09. The van der Waals surface area contributed by atoms with E-state index in [2.05, 4.69) is 19.9 Å². The molecule has 4 rings (SSSR count). The van der Waals surface area contributed by atoms with E-state index in [1.54, 1.807) is 12.7 Å². The highest BCUT2D eigenvalue weighted by Gasteiger charge is 2.60. The van der Waals surface area contributed by atoms with Gasteiger partial charge in [-0.1, -0.05) is 38.3 Å². The maximum Gasteiger partial charge on any atom is 0.309 e. The van der Waals surface area contributed by atoms with Crippen molar-refractivity contribution in [3.8, 4) is 0 Å². The van der Waals surface area contributed by atoms with Gasteiger partial charge in [-0.15, -0.1) is 0 Å². The molecule has 0 heterocycles. The minimum absolute atomic E-state index is 0.0238. The first-order valence-corrected chi connectivity index (χ1v) is 12.9. The van der Waals surface area contributed by atoms with Gasteiger partial charge in [0.15, 0.2) is 0 Å². The number of hydrogen-bond acceptors (Lipinski definition) is 4. The van der Waals surface area contributed by atoms with Gasteiger partial charge in [-0.3, -0.25) is 4.79 Å². The lowest BCUT2D eigenvalue weighted by molar-refractivity contribution is -0.152. The highest BCUT2D eigenvalue weighted by atomic mass is 16.5. The maximum absolute atomic E-state index is 12.5. The van der Waals surface area contributed by atoms with Crippen molar-refractivity contribution >= 4 is 5.97 Å². The third-order valence-electron chi connectivity index (χ3n) is 9.95. The SMILES string of the molecule is COC(=O)[C@H]1CC[C@H]2[C@@H]3CC=C4C[C@@H](OCCCCCCO)CC[C@]4(C)[C@H]3CC[C@]12C. The molecule has 0 aromatic heterocycles. The van der Waals surface area contributed by atoms with Crippen molar-refractivity contribution in [1.82, 2.24) is 0 Å². The van der Waals surface area contributed by atoms with Gasteiger partial charge < -0.3 is 14.6 Å². The lowest BCUT2D eigenvalue weighted by atomic mass is 9.47. The zero-order valence-electron chi connectivity index (χ0n) is 20.0. The minimum atomic E-state index is 0.0238. The first-order valence-electron chi connectivity index (χ1n) is 12.9. The van der Waals surface area contributed by atoms with Crippen LogP contribution in [0.3, 0.4) is 0 Å². The number of carbonyl (C=O) groups is 1. The molecule has 1 N–H and O–H groups in total. The van der Waals surface area contributed by atoms with Gasteiger partial charge in [0.2, 0.25) is 0 Å². The van der Waals surface area contributed by atoms with E-state index in [1.165, 1.54) is 38.5 Å². The summed E-state index contributed by atoms with van der Waals surface area (Å²) in [5, 5.41) is 8.90. The lowest BCUT2D eigenvalue weighted by Gasteiger charge is -2.58. The standard InChI is InChI=1S/C27H44O4/c1-26-14-12-20(31-17-7-5-4-6-16-28)18-19(26)8-9-21-22-10-11-24(25(29)30-3)27(22,2)15-13-23(21)26/h8,20-24,28H,4-7,9-18H2,1-3H3/t20-,21-,22-,23-,24+,26-,27-/m0/s1. The van der Waals surface area contributed by atoms with Crippen LogP contribution in [0.15, 0.2) is 11.6 Å². The van der Waals surface area contributed by atoms with Crippen LogP contribution < -0.4 is 0 Å². The van der Waals surface area contributed by atoms with E-state index >= 15 is 0 Å². The summed E-state index contributed by atoms with van der Waals surface area (Å²) in [7, 11) is 1.55. The van der Waals surface area contributed by atoms with Crippen LogP contribution in [-0.2, 0) is 14.3 Å². The molecule has 0 aromatic carbocycles. The molecule has 0 spiro atoms. The van der Waals surface area contributed by atoms with E-state index in [-0.39, 0.29) is 17.3 Å². The topological polar surface area (TPSA) is 55.8 Å². The average molecular weight is 433 g/mol. The van der Waals surface area contributed by atoms with Gasteiger partial charge in [0, 0.05) is 13.2 Å². The molecule has 176 valence electrons. The van der Waals surface area contributed by atoms with Crippen molar-refractivity contribution in [3.05, 3.63) is 11.6 Å². The minimum Gasteiger partial charge on any atom is -0.469 e. The predicted molar refractivity (Wildman–Crippen MR) is 123 cm³/mol. The van der Waals surface area contributed by atoms with Crippen LogP contribution in [0.2, 0.25) is 0 Å². The molecule has 4 heteroatoms. The molecule has 0 saturated heterocycles. The van der Waals surface area contributed by atoms with Gasteiger partial charge in [0.25, 0.3) is 0 Å². The molecule has 31 heavy (non-hydrogen) atoms. The molecule has 7 atom stereocenters. The summed E-state index contributed by atoms with van der Waals surface area (Å²) in [6.07, 6.45) is 16.6. The highest BCUT2D eigenvalue weighted by molar-refractivity contribution is 5.73. The number of unbranched alkanes of at least 4 members (excludes halogenated alkanes) is 3. The third-order valence-corrected chi connectivity index (χ3v) is 9.95. The molecule has 3 fully saturated rings. The van der Waals surface area contributed by atoms with Gasteiger partial charge in [-0.2, -0.15) is 0 Å². The van der Waals surface area contributed by atoms with Crippen molar-refractivity contribution in [2.75, 3.05) is 20.3 Å². The van der Waals surface area contributed by atoms with Crippen LogP contribution in [-0.4, -0.2) is 37.5 Å². The zero-order chi connectivity index (χ0) is 22.1. The van der Waals surface area contributed by atoms with Gasteiger partial charge in [0.05, 0.1) is 19.1 Å². The largest absolute Gasteiger partial charge is 0.469 e. The van der Waals surface area contributed by atoms with Crippen molar-refractivity contribution in [3.63, 3.8) is 0 Å². The summed E-state index contributed by atoms with van der Waals surface area (Å²) < 4.78 is 11.5. The van der Waals surface area contributed by atoms with E-state index in [9.17, 15) is 4.79 Å². The summed E-state index contributed by atoms with van der Waals surface area (Å²) in [5.74, 6) is 2.28. The fourth-order valence-corrected chi connectivity index (χ4v) is 8.12. The number of ether oxygens (including phenoxy) is 2. The Hall–Kier alpha value is -0.870. The molecule has 3 saturated carbocycles. The first-order chi connectivity index (χ1) is 14.9. The smallest absolute Gasteiger partial charge is 0.309 e. The van der Waals surface area contributed by atoms with E-state index in [0.29, 0.717) is 24.0 Å². The molecule has 4 aliphatic rings. The Morgan fingerprint density at radius 2 is 1.87 bits per heavy atom. The maximum atomic E-state index is 12.5. The second kappa shape index (κ2) is 9.55.